The molecular formula is C17H19NO4. The molecule has 1 aliphatic heterocycles. The molecule has 2 amide bonds. The molecule has 0 fully saturated rings. The largest absolute Gasteiger partial charge is 0.432 e. The van der Waals surface area contributed by atoms with Crippen LogP contribution in [-0.4, -0.2) is 29.2 Å². The van der Waals surface area contributed by atoms with Crippen molar-refractivity contribution in [3.05, 3.63) is 47.7 Å². The predicted molar refractivity (Wildman–Crippen MR) is 81.2 cm³/mol. The molecule has 0 saturated carbocycles. The molecule has 0 N–H and O–H groups in total. The Kier molecular flexibility index (Phi) is 5.09. The third-order valence-electron chi connectivity index (χ3n) is 3.43. The van der Waals surface area contributed by atoms with Crippen LogP contribution in [0.1, 0.15) is 53.3 Å². The van der Waals surface area contributed by atoms with Crippen molar-refractivity contribution in [1.29, 1.82) is 0 Å². The monoisotopic (exact) mass is 301 g/mol. The van der Waals surface area contributed by atoms with Crippen LogP contribution in [0.2, 0.25) is 0 Å². The van der Waals surface area contributed by atoms with Crippen LogP contribution in [-0.2, 0) is 9.53 Å². The van der Waals surface area contributed by atoms with Gasteiger partial charge in [-0.3, -0.25) is 19.3 Å². The van der Waals surface area contributed by atoms with Gasteiger partial charge in [0.15, 0.2) is 0 Å². The van der Waals surface area contributed by atoms with E-state index in [4.69, 9.17) is 4.74 Å². The van der Waals surface area contributed by atoms with Crippen LogP contribution in [0, 0.1) is 0 Å². The van der Waals surface area contributed by atoms with E-state index in [1.54, 1.807) is 31.2 Å². The summed E-state index contributed by atoms with van der Waals surface area (Å²) in [5, 5.41) is 0. The summed E-state index contributed by atoms with van der Waals surface area (Å²) in [5.41, 5.74) is 0.940. The summed E-state index contributed by atoms with van der Waals surface area (Å²) in [6, 6.07) is 6.84. The third-order valence-corrected chi connectivity index (χ3v) is 3.43. The SMILES string of the molecule is C=C(C)OC(=O)CCCCCN1C(=O)c2ccccc2C1=O. The van der Waals surface area contributed by atoms with Gasteiger partial charge < -0.3 is 4.74 Å². The number of benzene rings is 1. The van der Waals surface area contributed by atoms with Gasteiger partial charge in [-0.05, 0) is 31.9 Å². The molecule has 116 valence electrons. The lowest BCUT2D eigenvalue weighted by atomic mass is 10.1. The van der Waals surface area contributed by atoms with Gasteiger partial charge in [0.1, 0.15) is 0 Å². The fourth-order valence-electron chi connectivity index (χ4n) is 2.40. The summed E-state index contributed by atoms with van der Waals surface area (Å²) >= 11 is 0. The normalized spacial score (nSPS) is 13.2. The first-order chi connectivity index (χ1) is 10.5. The highest BCUT2D eigenvalue weighted by molar-refractivity contribution is 6.21. The molecule has 1 aromatic carbocycles. The average Bonchev–Trinajstić information content (AvgIpc) is 2.71. The summed E-state index contributed by atoms with van der Waals surface area (Å²) in [6.07, 6.45) is 2.40. The second kappa shape index (κ2) is 7.02. The summed E-state index contributed by atoms with van der Waals surface area (Å²) < 4.78 is 4.85. The molecule has 5 heteroatoms. The van der Waals surface area contributed by atoms with Crippen LogP contribution in [0.15, 0.2) is 36.6 Å². The fraction of sp³-hybridized carbons (Fsp3) is 0.353. The Balaban J connectivity index is 1.75. The number of fused-ring (bicyclic) bond motifs is 1. The van der Waals surface area contributed by atoms with E-state index in [0.717, 1.165) is 6.42 Å². The summed E-state index contributed by atoms with van der Waals surface area (Å²) in [5.74, 6) is -0.381. The lowest BCUT2D eigenvalue weighted by molar-refractivity contribution is -0.139. The van der Waals surface area contributed by atoms with E-state index < -0.39 is 0 Å². The number of unbranched alkanes of at least 4 members (excludes halogenated alkanes) is 2. The van der Waals surface area contributed by atoms with E-state index in [-0.39, 0.29) is 17.8 Å². The van der Waals surface area contributed by atoms with Crippen molar-refractivity contribution in [3.63, 3.8) is 0 Å². The Morgan fingerprint density at radius 1 is 1.09 bits per heavy atom. The Morgan fingerprint density at radius 3 is 2.23 bits per heavy atom. The van der Waals surface area contributed by atoms with Gasteiger partial charge >= 0.3 is 5.97 Å². The molecule has 0 unspecified atom stereocenters. The maximum atomic E-state index is 12.1. The third kappa shape index (κ3) is 3.61. The van der Waals surface area contributed by atoms with E-state index in [0.29, 0.717) is 42.7 Å². The van der Waals surface area contributed by atoms with Crippen LogP contribution < -0.4 is 0 Å². The van der Waals surface area contributed by atoms with Crippen LogP contribution >= 0.6 is 0 Å². The molecule has 0 spiro atoms. The number of hydrogen-bond acceptors (Lipinski definition) is 4. The zero-order chi connectivity index (χ0) is 16.1. The zero-order valence-corrected chi connectivity index (χ0v) is 12.6. The van der Waals surface area contributed by atoms with E-state index >= 15 is 0 Å². The lowest BCUT2D eigenvalue weighted by Crippen LogP contribution is -2.30. The Bertz CT molecular complexity index is 586. The zero-order valence-electron chi connectivity index (χ0n) is 12.6. The number of ether oxygens (including phenoxy) is 1. The highest BCUT2D eigenvalue weighted by Crippen LogP contribution is 2.22. The molecule has 0 bridgehead atoms. The first-order valence-electron chi connectivity index (χ1n) is 7.32. The molecule has 22 heavy (non-hydrogen) atoms. The highest BCUT2D eigenvalue weighted by atomic mass is 16.5. The Morgan fingerprint density at radius 2 is 1.68 bits per heavy atom. The predicted octanol–water partition coefficient (Wildman–Crippen LogP) is 2.92. The van der Waals surface area contributed by atoms with Crippen LogP contribution in [0.4, 0.5) is 0 Å². The van der Waals surface area contributed by atoms with E-state index in [2.05, 4.69) is 6.58 Å². The molecule has 1 heterocycles. The summed E-state index contributed by atoms with van der Waals surface area (Å²) in [4.78, 5) is 36.8. The quantitative estimate of drug-likeness (QED) is 0.336. The van der Waals surface area contributed by atoms with Crippen LogP contribution in [0.5, 0.6) is 0 Å². The van der Waals surface area contributed by atoms with Gasteiger partial charge in [0.05, 0.1) is 16.9 Å². The molecule has 1 aliphatic rings. The van der Waals surface area contributed by atoms with E-state index in [1.807, 2.05) is 0 Å². The summed E-state index contributed by atoms with van der Waals surface area (Å²) in [7, 11) is 0. The fourth-order valence-corrected chi connectivity index (χ4v) is 2.40. The van der Waals surface area contributed by atoms with Crippen LogP contribution in [0.3, 0.4) is 0 Å². The number of nitrogens with zero attached hydrogens (tertiary/aromatic N) is 1. The Hall–Kier alpha value is -2.43. The molecule has 2 rings (SSSR count). The van der Waals surface area contributed by atoms with Crippen molar-refractivity contribution in [2.75, 3.05) is 6.54 Å². The average molecular weight is 301 g/mol. The molecule has 0 radical (unpaired) electrons. The Labute approximate surface area is 129 Å². The number of amides is 2. The smallest absolute Gasteiger partial charge is 0.310 e. The van der Waals surface area contributed by atoms with Gasteiger partial charge in [0.25, 0.3) is 11.8 Å². The van der Waals surface area contributed by atoms with E-state index in [1.165, 1.54) is 4.90 Å². The minimum atomic E-state index is -0.298. The molecule has 5 nitrogen and oxygen atoms in total. The maximum absolute atomic E-state index is 12.1. The number of rotatable bonds is 7. The number of hydrogen-bond donors (Lipinski definition) is 0. The van der Waals surface area contributed by atoms with Gasteiger partial charge in [-0.25, -0.2) is 0 Å². The molecular weight excluding hydrogens is 282 g/mol. The van der Waals surface area contributed by atoms with Gasteiger partial charge in [-0.1, -0.05) is 25.1 Å². The van der Waals surface area contributed by atoms with Gasteiger partial charge in [0.2, 0.25) is 0 Å². The van der Waals surface area contributed by atoms with Crippen LogP contribution in [0.25, 0.3) is 0 Å². The van der Waals surface area contributed by atoms with Crippen molar-refractivity contribution in [3.8, 4) is 0 Å². The standard InChI is InChI=1S/C17H19NO4/c1-12(2)22-15(19)10-4-3-7-11-18-16(20)13-8-5-6-9-14(13)17(18)21/h5-6,8-9H,1,3-4,7,10-11H2,2H3. The van der Waals surface area contributed by atoms with Crippen molar-refractivity contribution >= 4 is 17.8 Å². The van der Waals surface area contributed by atoms with Crippen molar-refractivity contribution in [2.45, 2.75) is 32.6 Å². The number of carbonyl (C=O) groups is 3. The van der Waals surface area contributed by atoms with Gasteiger partial charge in [-0.2, -0.15) is 0 Å². The highest BCUT2D eigenvalue weighted by Gasteiger charge is 2.34. The van der Waals surface area contributed by atoms with Crippen molar-refractivity contribution < 1.29 is 19.1 Å². The number of imide groups is 1. The van der Waals surface area contributed by atoms with E-state index in [9.17, 15) is 14.4 Å². The van der Waals surface area contributed by atoms with Gasteiger partial charge in [-0.15, -0.1) is 0 Å². The number of allylic oxidation sites excluding steroid dienone is 1. The van der Waals surface area contributed by atoms with Gasteiger partial charge in [0, 0.05) is 13.0 Å². The summed E-state index contributed by atoms with van der Waals surface area (Å²) in [6.45, 7) is 5.51. The molecule has 1 aromatic rings. The second-order valence-electron chi connectivity index (χ2n) is 5.29. The molecule has 0 saturated heterocycles. The van der Waals surface area contributed by atoms with Crippen molar-refractivity contribution in [1.82, 2.24) is 4.90 Å². The second-order valence-corrected chi connectivity index (χ2v) is 5.29. The maximum Gasteiger partial charge on any atom is 0.310 e. The topological polar surface area (TPSA) is 63.7 Å². The lowest BCUT2D eigenvalue weighted by Gasteiger charge is -2.13. The molecule has 0 aromatic heterocycles. The minimum Gasteiger partial charge on any atom is -0.432 e. The first kappa shape index (κ1) is 15.9. The van der Waals surface area contributed by atoms with Crippen molar-refractivity contribution in [2.24, 2.45) is 0 Å². The minimum absolute atomic E-state index is 0.234. The molecule has 0 atom stereocenters. The molecule has 0 aliphatic carbocycles. The first-order valence-corrected chi connectivity index (χ1v) is 7.32. The number of esters is 1. The number of carbonyl (C=O) groups excluding carboxylic acids is 3.